The predicted molar refractivity (Wildman–Crippen MR) is 80.6 cm³/mol. The van der Waals surface area contributed by atoms with Crippen molar-refractivity contribution in [3.63, 3.8) is 0 Å². The number of benzene rings is 2. The molecule has 0 aromatic heterocycles. The average Bonchev–Trinajstić information content (AvgIpc) is 2.32. The van der Waals surface area contributed by atoms with Gasteiger partial charge in [0, 0.05) is 20.3 Å². The molecule has 2 rings (SSSR count). The highest BCUT2D eigenvalue weighted by Crippen LogP contribution is 2.19. The Bertz CT molecular complexity index is 471. The number of halogens is 2. The fraction of sp³-hybridized carbons (Fsp3) is 0.0769. The van der Waals surface area contributed by atoms with Crippen LogP contribution in [0.5, 0.6) is 0 Å². The number of nitrogens with one attached hydrogen (secondary N) is 1. The van der Waals surface area contributed by atoms with Gasteiger partial charge in [0.1, 0.15) is 0 Å². The van der Waals surface area contributed by atoms with Gasteiger partial charge in [0.05, 0.1) is 0 Å². The Balaban J connectivity index is 2.08. The maximum absolute atomic E-state index is 3.49. The lowest BCUT2D eigenvalue weighted by Crippen LogP contribution is -2.00. The topological polar surface area (TPSA) is 12.0 Å². The van der Waals surface area contributed by atoms with E-state index in [0.717, 1.165) is 16.7 Å². The van der Waals surface area contributed by atoms with Crippen LogP contribution in [0.15, 0.2) is 53.0 Å². The monoisotopic (exact) mass is 387 g/mol. The van der Waals surface area contributed by atoms with E-state index in [-0.39, 0.29) is 0 Å². The summed E-state index contributed by atoms with van der Waals surface area (Å²) in [5.41, 5.74) is 2.46. The first-order valence-corrected chi connectivity index (χ1v) is 6.86. The van der Waals surface area contributed by atoms with Gasteiger partial charge in [-0.15, -0.1) is 0 Å². The minimum absolute atomic E-state index is 0.849. The lowest BCUT2D eigenvalue weighted by molar-refractivity contribution is 1.13. The van der Waals surface area contributed by atoms with Crippen molar-refractivity contribution in [3.8, 4) is 0 Å². The first-order chi connectivity index (χ1) is 7.75. The third-order valence-corrected chi connectivity index (χ3v) is 3.81. The van der Waals surface area contributed by atoms with Crippen molar-refractivity contribution in [3.05, 3.63) is 62.1 Å². The van der Waals surface area contributed by atoms with Crippen LogP contribution in [0, 0.1) is 3.57 Å². The summed E-state index contributed by atoms with van der Waals surface area (Å²) in [6, 6.07) is 16.6. The standard InChI is InChI=1S/C13H11BrIN/c14-11-6-7-13(15)10(8-11)9-16-12-4-2-1-3-5-12/h1-8,16H,9H2. The number of hydrogen-bond acceptors (Lipinski definition) is 1. The maximum Gasteiger partial charge on any atom is 0.0411 e. The van der Waals surface area contributed by atoms with E-state index in [1.165, 1.54) is 9.13 Å². The van der Waals surface area contributed by atoms with E-state index in [9.17, 15) is 0 Å². The molecular formula is C13H11BrIN. The molecule has 0 aliphatic rings. The van der Waals surface area contributed by atoms with Crippen molar-refractivity contribution in [2.45, 2.75) is 6.54 Å². The highest BCUT2D eigenvalue weighted by Gasteiger charge is 2.00. The zero-order valence-electron chi connectivity index (χ0n) is 8.58. The first-order valence-electron chi connectivity index (χ1n) is 4.98. The number of para-hydroxylation sites is 1. The van der Waals surface area contributed by atoms with Crippen LogP contribution in [-0.2, 0) is 6.54 Å². The van der Waals surface area contributed by atoms with Gasteiger partial charge in [0.2, 0.25) is 0 Å². The minimum Gasteiger partial charge on any atom is -0.381 e. The normalized spacial score (nSPS) is 10.1. The third kappa shape index (κ3) is 3.22. The first kappa shape index (κ1) is 11.9. The molecule has 0 aliphatic carbocycles. The van der Waals surface area contributed by atoms with E-state index in [1.54, 1.807) is 0 Å². The van der Waals surface area contributed by atoms with Crippen molar-refractivity contribution in [1.29, 1.82) is 0 Å². The molecule has 16 heavy (non-hydrogen) atoms. The highest BCUT2D eigenvalue weighted by molar-refractivity contribution is 14.1. The van der Waals surface area contributed by atoms with Gasteiger partial charge in [-0.2, -0.15) is 0 Å². The van der Waals surface area contributed by atoms with E-state index < -0.39 is 0 Å². The SMILES string of the molecule is Brc1ccc(I)c(CNc2ccccc2)c1. The second-order valence-electron chi connectivity index (χ2n) is 3.46. The molecule has 0 aliphatic heterocycles. The Morgan fingerprint density at radius 3 is 2.56 bits per heavy atom. The zero-order chi connectivity index (χ0) is 11.4. The van der Waals surface area contributed by atoms with Gasteiger partial charge in [-0.05, 0) is 58.5 Å². The highest BCUT2D eigenvalue weighted by atomic mass is 127. The van der Waals surface area contributed by atoms with Crippen molar-refractivity contribution in [2.75, 3.05) is 5.32 Å². The van der Waals surface area contributed by atoms with E-state index in [2.05, 4.69) is 74.2 Å². The summed E-state index contributed by atoms with van der Waals surface area (Å²) in [4.78, 5) is 0. The van der Waals surface area contributed by atoms with Crippen molar-refractivity contribution < 1.29 is 0 Å². The molecule has 1 N–H and O–H groups in total. The quantitative estimate of drug-likeness (QED) is 0.755. The largest absolute Gasteiger partial charge is 0.381 e. The summed E-state index contributed by atoms with van der Waals surface area (Å²) in [6.45, 7) is 0.849. The average molecular weight is 388 g/mol. The summed E-state index contributed by atoms with van der Waals surface area (Å²) in [7, 11) is 0. The fourth-order valence-electron chi connectivity index (χ4n) is 1.43. The Labute approximate surface area is 118 Å². The maximum atomic E-state index is 3.49. The molecule has 1 nitrogen and oxygen atoms in total. The summed E-state index contributed by atoms with van der Waals surface area (Å²) >= 11 is 5.85. The van der Waals surface area contributed by atoms with Gasteiger partial charge in [0.15, 0.2) is 0 Å². The summed E-state index contributed by atoms with van der Waals surface area (Å²) in [5, 5.41) is 3.40. The fourth-order valence-corrected chi connectivity index (χ4v) is 2.37. The summed E-state index contributed by atoms with van der Waals surface area (Å²) < 4.78 is 2.40. The molecule has 82 valence electrons. The molecule has 2 aromatic rings. The van der Waals surface area contributed by atoms with E-state index in [4.69, 9.17) is 0 Å². The Kier molecular flexibility index (Phi) is 4.23. The van der Waals surface area contributed by atoms with Gasteiger partial charge in [-0.25, -0.2) is 0 Å². The van der Waals surface area contributed by atoms with Crippen LogP contribution in [0.4, 0.5) is 5.69 Å². The number of hydrogen-bond donors (Lipinski definition) is 1. The second-order valence-corrected chi connectivity index (χ2v) is 5.53. The van der Waals surface area contributed by atoms with Gasteiger partial charge < -0.3 is 5.32 Å². The van der Waals surface area contributed by atoms with Crippen LogP contribution in [0.2, 0.25) is 0 Å². The Hall–Kier alpha value is -0.550. The smallest absolute Gasteiger partial charge is 0.0411 e. The van der Waals surface area contributed by atoms with Crippen LogP contribution in [0.3, 0.4) is 0 Å². The van der Waals surface area contributed by atoms with Crippen LogP contribution >= 0.6 is 38.5 Å². The Morgan fingerprint density at radius 2 is 1.81 bits per heavy atom. The molecule has 3 heteroatoms. The molecule has 0 atom stereocenters. The zero-order valence-corrected chi connectivity index (χ0v) is 12.3. The molecule has 0 fully saturated rings. The van der Waals surface area contributed by atoms with Crippen molar-refractivity contribution >= 4 is 44.2 Å². The van der Waals surface area contributed by atoms with Crippen LogP contribution in [0.25, 0.3) is 0 Å². The molecule has 0 saturated carbocycles. The van der Waals surface area contributed by atoms with Crippen LogP contribution in [-0.4, -0.2) is 0 Å². The lowest BCUT2D eigenvalue weighted by atomic mass is 10.2. The van der Waals surface area contributed by atoms with Gasteiger partial charge in [-0.1, -0.05) is 34.1 Å². The lowest BCUT2D eigenvalue weighted by Gasteiger charge is -2.08. The van der Waals surface area contributed by atoms with Gasteiger partial charge >= 0.3 is 0 Å². The van der Waals surface area contributed by atoms with Crippen molar-refractivity contribution in [1.82, 2.24) is 0 Å². The number of rotatable bonds is 3. The predicted octanol–water partition coefficient (Wildman–Crippen LogP) is 4.67. The van der Waals surface area contributed by atoms with E-state index in [0.29, 0.717) is 0 Å². The molecule has 0 bridgehead atoms. The molecule has 0 unspecified atom stereocenters. The molecule has 0 spiro atoms. The van der Waals surface area contributed by atoms with Crippen LogP contribution < -0.4 is 5.32 Å². The minimum atomic E-state index is 0.849. The summed E-state index contributed by atoms with van der Waals surface area (Å²) in [6.07, 6.45) is 0. The third-order valence-electron chi connectivity index (χ3n) is 2.26. The molecule has 2 aromatic carbocycles. The Morgan fingerprint density at radius 1 is 1.06 bits per heavy atom. The van der Waals surface area contributed by atoms with Crippen LogP contribution in [0.1, 0.15) is 5.56 Å². The second kappa shape index (κ2) is 5.68. The summed E-state index contributed by atoms with van der Waals surface area (Å²) in [5.74, 6) is 0. The van der Waals surface area contributed by atoms with Crippen molar-refractivity contribution in [2.24, 2.45) is 0 Å². The molecule has 0 saturated heterocycles. The van der Waals surface area contributed by atoms with Gasteiger partial charge in [-0.3, -0.25) is 0 Å². The number of anilines is 1. The van der Waals surface area contributed by atoms with E-state index >= 15 is 0 Å². The van der Waals surface area contributed by atoms with Gasteiger partial charge in [0.25, 0.3) is 0 Å². The molecule has 0 amide bonds. The molecule has 0 radical (unpaired) electrons. The molecular weight excluding hydrogens is 377 g/mol. The van der Waals surface area contributed by atoms with E-state index in [1.807, 2.05) is 18.2 Å². The molecule has 0 heterocycles.